The fraction of sp³-hybridized carbons (Fsp3) is 0.348. The normalized spacial score (nSPS) is 14.4. The topological polar surface area (TPSA) is 69.0 Å². The molecule has 0 bridgehead atoms. The highest BCUT2D eigenvalue weighted by Gasteiger charge is 2.25. The average Bonchev–Trinajstić information content (AvgIpc) is 3.23. The monoisotopic (exact) mass is 476 g/mol. The molecule has 1 N–H and O–H groups in total. The zero-order chi connectivity index (χ0) is 23.2. The van der Waals surface area contributed by atoms with Gasteiger partial charge in [0, 0.05) is 11.7 Å². The predicted octanol–water partition coefficient (Wildman–Crippen LogP) is 5.92. The van der Waals surface area contributed by atoms with Crippen LogP contribution in [0.15, 0.2) is 53.7 Å². The Bertz CT molecular complexity index is 1090. The predicted molar refractivity (Wildman–Crippen MR) is 120 cm³/mol. The van der Waals surface area contributed by atoms with E-state index in [1.165, 1.54) is 48.5 Å². The van der Waals surface area contributed by atoms with E-state index in [0.29, 0.717) is 22.2 Å². The molecule has 1 aromatic heterocycles. The van der Waals surface area contributed by atoms with E-state index in [9.17, 15) is 18.0 Å². The van der Waals surface area contributed by atoms with Crippen LogP contribution in [-0.4, -0.2) is 33.0 Å². The number of anilines is 1. The van der Waals surface area contributed by atoms with Crippen molar-refractivity contribution in [2.45, 2.75) is 49.9 Å². The lowest BCUT2D eigenvalue weighted by Crippen LogP contribution is -2.17. The molecule has 6 nitrogen and oxygen atoms in total. The number of alkyl halides is 2. The number of carbonyl (C=O) groups excluding carboxylic acids is 1. The molecule has 10 heteroatoms. The van der Waals surface area contributed by atoms with E-state index in [1.54, 1.807) is 18.2 Å². The number of ether oxygens (including phenoxy) is 1. The average molecular weight is 477 g/mol. The number of halogens is 3. The molecule has 1 saturated carbocycles. The second-order valence-electron chi connectivity index (χ2n) is 7.69. The third-order valence-electron chi connectivity index (χ3n) is 5.41. The Balaban J connectivity index is 1.47. The van der Waals surface area contributed by atoms with Crippen LogP contribution in [0, 0.1) is 5.82 Å². The summed E-state index contributed by atoms with van der Waals surface area (Å²) in [4.78, 5) is 12.5. The number of hydrogen-bond acceptors (Lipinski definition) is 5. The zero-order valence-corrected chi connectivity index (χ0v) is 18.5. The summed E-state index contributed by atoms with van der Waals surface area (Å²) in [5.74, 6) is -0.0999. The third-order valence-corrected chi connectivity index (χ3v) is 6.36. The van der Waals surface area contributed by atoms with E-state index < -0.39 is 6.61 Å². The number of amides is 1. The fourth-order valence-electron chi connectivity index (χ4n) is 3.92. The van der Waals surface area contributed by atoms with Gasteiger partial charge in [0.25, 0.3) is 0 Å². The lowest BCUT2D eigenvalue weighted by molar-refractivity contribution is -0.113. The van der Waals surface area contributed by atoms with Crippen LogP contribution >= 0.6 is 11.8 Å². The molecular weight excluding hydrogens is 453 g/mol. The van der Waals surface area contributed by atoms with Crippen LogP contribution < -0.4 is 10.1 Å². The number of aromatic nitrogens is 3. The second-order valence-corrected chi connectivity index (χ2v) is 8.63. The molecule has 0 atom stereocenters. The van der Waals surface area contributed by atoms with Gasteiger partial charge in [0.15, 0.2) is 11.0 Å². The van der Waals surface area contributed by atoms with Crippen LogP contribution in [0.25, 0.3) is 11.4 Å². The molecule has 33 heavy (non-hydrogen) atoms. The van der Waals surface area contributed by atoms with Gasteiger partial charge in [0.1, 0.15) is 11.6 Å². The molecule has 2 aromatic carbocycles. The molecule has 3 aromatic rings. The van der Waals surface area contributed by atoms with Gasteiger partial charge in [-0.05, 0) is 49.2 Å². The number of nitrogens with zero attached hydrogens (tertiary/aromatic N) is 3. The van der Waals surface area contributed by atoms with E-state index in [4.69, 9.17) is 0 Å². The third kappa shape index (κ3) is 5.87. The van der Waals surface area contributed by atoms with Crippen LogP contribution in [0.2, 0.25) is 0 Å². The standard InChI is InChI=1S/C23H23F3N4O2S/c24-19-9-5-4-8-18(19)21-28-29-23(30(21)16-6-2-1-3-7-16)33-14-20(31)27-15-10-12-17(13-11-15)32-22(25)26/h4-5,8-13,16,22H,1-3,6-7,14H2,(H,27,31). The molecule has 174 valence electrons. The highest BCUT2D eigenvalue weighted by atomic mass is 32.2. The van der Waals surface area contributed by atoms with Crippen LogP contribution in [0.5, 0.6) is 5.75 Å². The zero-order valence-electron chi connectivity index (χ0n) is 17.7. The molecule has 1 fully saturated rings. The first kappa shape index (κ1) is 23.2. The Kier molecular flexibility index (Phi) is 7.54. The maximum Gasteiger partial charge on any atom is 0.387 e. The smallest absolute Gasteiger partial charge is 0.387 e. The molecule has 1 aliphatic rings. The number of benzene rings is 2. The van der Waals surface area contributed by atoms with Crippen molar-refractivity contribution in [2.75, 3.05) is 11.1 Å². The first-order valence-electron chi connectivity index (χ1n) is 10.7. The Morgan fingerprint density at radius 3 is 2.52 bits per heavy atom. The van der Waals surface area contributed by atoms with Gasteiger partial charge >= 0.3 is 6.61 Å². The van der Waals surface area contributed by atoms with E-state index in [0.717, 1.165) is 25.7 Å². The summed E-state index contributed by atoms with van der Waals surface area (Å²) in [5, 5.41) is 11.8. The van der Waals surface area contributed by atoms with Crippen molar-refractivity contribution in [3.05, 3.63) is 54.3 Å². The minimum atomic E-state index is -2.90. The summed E-state index contributed by atoms with van der Waals surface area (Å²) >= 11 is 1.23. The lowest BCUT2D eigenvalue weighted by Gasteiger charge is -2.25. The van der Waals surface area contributed by atoms with E-state index in [2.05, 4.69) is 20.3 Å². The Morgan fingerprint density at radius 1 is 1.09 bits per heavy atom. The van der Waals surface area contributed by atoms with Crippen LogP contribution in [0.1, 0.15) is 38.1 Å². The number of hydrogen-bond donors (Lipinski definition) is 1. The van der Waals surface area contributed by atoms with Gasteiger partial charge in [-0.2, -0.15) is 8.78 Å². The number of nitrogens with one attached hydrogen (secondary N) is 1. The largest absolute Gasteiger partial charge is 0.435 e. The van der Waals surface area contributed by atoms with Gasteiger partial charge in [-0.15, -0.1) is 10.2 Å². The molecule has 1 amide bonds. The molecule has 1 heterocycles. The van der Waals surface area contributed by atoms with Crippen molar-refractivity contribution in [3.63, 3.8) is 0 Å². The van der Waals surface area contributed by atoms with Crippen molar-refractivity contribution < 1.29 is 22.7 Å². The Hall–Kier alpha value is -3.01. The molecule has 0 unspecified atom stereocenters. The summed E-state index contributed by atoms with van der Waals surface area (Å²) < 4.78 is 45.3. The van der Waals surface area contributed by atoms with Crippen LogP contribution in [-0.2, 0) is 4.79 Å². The molecule has 0 spiro atoms. The summed E-state index contributed by atoms with van der Waals surface area (Å²) in [6, 6.07) is 12.3. The first-order valence-corrected chi connectivity index (χ1v) is 11.7. The summed E-state index contributed by atoms with van der Waals surface area (Å²) in [7, 11) is 0. The summed E-state index contributed by atoms with van der Waals surface area (Å²) in [6.07, 6.45) is 5.23. The van der Waals surface area contributed by atoms with Crippen molar-refractivity contribution >= 4 is 23.4 Å². The highest BCUT2D eigenvalue weighted by Crippen LogP contribution is 2.36. The molecule has 0 radical (unpaired) electrons. The molecule has 0 aliphatic heterocycles. The van der Waals surface area contributed by atoms with Gasteiger partial charge in [-0.3, -0.25) is 9.36 Å². The molecule has 4 rings (SSSR count). The van der Waals surface area contributed by atoms with Gasteiger partial charge in [-0.1, -0.05) is 43.2 Å². The van der Waals surface area contributed by atoms with Gasteiger partial charge in [0.2, 0.25) is 5.91 Å². The van der Waals surface area contributed by atoms with Crippen molar-refractivity contribution in [2.24, 2.45) is 0 Å². The Labute approximate surface area is 193 Å². The maximum absolute atomic E-state index is 14.5. The highest BCUT2D eigenvalue weighted by molar-refractivity contribution is 7.99. The van der Waals surface area contributed by atoms with Crippen LogP contribution in [0.3, 0.4) is 0 Å². The lowest BCUT2D eigenvalue weighted by atomic mass is 9.95. The van der Waals surface area contributed by atoms with Crippen molar-refractivity contribution in [3.8, 4) is 17.1 Å². The van der Waals surface area contributed by atoms with Crippen molar-refractivity contribution in [1.82, 2.24) is 14.8 Å². The van der Waals surface area contributed by atoms with E-state index in [1.807, 2.05) is 4.57 Å². The number of thioether (sulfide) groups is 1. The molecule has 1 aliphatic carbocycles. The SMILES string of the molecule is O=C(CSc1nnc(-c2ccccc2F)n1C1CCCCC1)Nc1ccc(OC(F)F)cc1. The van der Waals surface area contributed by atoms with Gasteiger partial charge in [-0.25, -0.2) is 4.39 Å². The van der Waals surface area contributed by atoms with E-state index in [-0.39, 0.29) is 29.3 Å². The number of carbonyl (C=O) groups is 1. The summed E-state index contributed by atoms with van der Waals surface area (Å²) in [6.45, 7) is -2.90. The molecule has 0 saturated heterocycles. The summed E-state index contributed by atoms with van der Waals surface area (Å²) in [5.41, 5.74) is 0.848. The minimum Gasteiger partial charge on any atom is -0.435 e. The fourth-order valence-corrected chi connectivity index (χ4v) is 4.72. The minimum absolute atomic E-state index is 0.0126. The Morgan fingerprint density at radius 2 is 1.82 bits per heavy atom. The van der Waals surface area contributed by atoms with Crippen molar-refractivity contribution in [1.29, 1.82) is 0 Å². The van der Waals surface area contributed by atoms with Crippen LogP contribution in [0.4, 0.5) is 18.9 Å². The quantitative estimate of drug-likeness (QED) is 0.409. The number of rotatable bonds is 8. The maximum atomic E-state index is 14.5. The van der Waals surface area contributed by atoms with E-state index >= 15 is 0 Å². The molecular formula is C23H23F3N4O2S. The second kappa shape index (κ2) is 10.7. The van der Waals surface area contributed by atoms with Gasteiger partial charge in [0.05, 0.1) is 11.3 Å². The first-order chi connectivity index (χ1) is 16.0. The van der Waals surface area contributed by atoms with Gasteiger partial charge < -0.3 is 10.1 Å².